The molecular formula is C16H27NOS. The lowest BCUT2D eigenvalue weighted by Crippen LogP contribution is -2.36. The van der Waals surface area contributed by atoms with Crippen molar-refractivity contribution in [2.45, 2.75) is 65.0 Å². The van der Waals surface area contributed by atoms with E-state index in [2.05, 4.69) is 32.2 Å². The summed E-state index contributed by atoms with van der Waals surface area (Å²) in [4.78, 5) is 3.08. The predicted octanol–water partition coefficient (Wildman–Crippen LogP) is 3.68. The Kier molecular flexibility index (Phi) is 5.43. The summed E-state index contributed by atoms with van der Waals surface area (Å²) >= 11 is 1.99. The molecule has 1 aromatic rings. The molecule has 1 aliphatic rings. The lowest BCUT2D eigenvalue weighted by Gasteiger charge is -2.25. The third-order valence-corrected chi connectivity index (χ3v) is 5.57. The first-order valence-electron chi connectivity index (χ1n) is 7.60. The van der Waals surface area contributed by atoms with Crippen molar-refractivity contribution in [3.8, 4) is 0 Å². The van der Waals surface area contributed by atoms with E-state index in [0.717, 1.165) is 6.42 Å². The third kappa shape index (κ3) is 3.80. The number of nitrogens with one attached hydrogen (secondary N) is 1. The normalized spacial score (nSPS) is 18.4. The van der Waals surface area contributed by atoms with E-state index < -0.39 is 0 Å². The molecule has 1 aromatic heterocycles. The Morgan fingerprint density at radius 1 is 1.26 bits per heavy atom. The van der Waals surface area contributed by atoms with E-state index in [1.807, 2.05) is 11.3 Å². The zero-order chi connectivity index (χ0) is 13.8. The number of fused-ring (bicyclic) bond motifs is 1. The fourth-order valence-corrected chi connectivity index (χ4v) is 4.15. The van der Waals surface area contributed by atoms with Crippen molar-refractivity contribution in [3.63, 3.8) is 0 Å². The van der Waals surface area contributed by atoms with Crippen LogP contribution in [-0.4, -0.2) is 17.8 Å². The van der Waals surface area contributed by atoms with Gasteiger partial charge >= 0.3 is 0 Å². The molecule has 0 saturated heterocycles. The summed E-state index contributed by atoms with van der Waals surface area (Å²) in [6, 6.07) is 3.21. The van der Waals surface area contributed by atoms with Crippen LogP contribution < -0.4 is 5.32 Å². The molecule has 0 radical (unpaired) electrons. The third-order valence-electron chi connectivity index (χ3n) is 4.15. The Balaban J connectivity index is 2.02. The average molecular weight is 281 g/mol. The number of aryl methyl sites for hydroxylation is 2. The molecule has 2 rings (SSSR count). The second-order valence-electron chi connectivity index (χ2n) is 6.06. The molecule has 2 N–H and O–H groups in total. The van der Waals surface area contributed by atoms with Crippen LogP contribution >= 0.6 is 11.3 Å². The Labute approximate surface area is 121 Å². The highest BCUT2D eigenvalue weighted by molar-refractivity contribution is 7.12. The number of aliphatic hydroxyl groups is 1. The van der Waals surface area contributed by atoms with Crippen LogP contribution in [0.25, 0.3) is 0 Å². The van der Waals surface area contributed by atoms with Crippen molar-refractivity contribution >= 4 is 11.3 Å². The lowest BCUT2D eigenvalue weighted by atomic mass is 9.98. The van der Waals surface area contributed by atoms with Crippen molar-refractivity contribution < 1.29 is 5.11 Å². The highest BCUT2D eigenvalue weighted by atomic mass is 32.1. The Morgan fingerprint density at radius 2 is 2.00 bits per heavy atom. The Bertz CT molecular complexity index is 376. The minimum atomic E-state index is 0.267. The van der Waals surface area contributed by atoms with Crippen LogP contribution in [0.1, 0.15) is 61.4 Å². The first-order valence-corrected chi connectivity index (χ1v) is 8.42. The maximum absolute atomic E-state index is 9.16. The van der Waals surface area contributed by atoms with Crippen LogP contribution in [0.5, 0.6) is 0 Å². The van der Waals surface area contributed by atoms with Gasteiger partial charge in [0, 0.05) is 28.4 Å². The summed E-state index contributed by atoms with van der Waals surface area (Å²) < 4.78 is 0. The molecule has 2 unspecified atom stereocenters. The van der Waals surface area contributed by atoms with Crippen molar-refractivity contribution in [2.24, 2.45) is 5.92 Å². The molecule has 0 aliphatic heterocycles. The topological polar surface area (TPSA) is 32.3 Å². The second kappa shape index (κ2) is 6.87. The summed E-state index contributed by atoms with van der Waals surface area (Å²) in [5.74, 6) is 0.559. The zero-order valence-corrected chi connectivity index (χ0v) is 13.2. The van der Waals surface area contributed by atoms with Gasteiger partial charge in [-0.05, 0) is 56.6 Å². The Morgan fingerprint density at radius 3 is 2.63 bits per heavy atom. The summed E-state index contributed by atoms with van der Waals surface area (Å²) in [5, 5.41) is 12.9. The van der Waals surface area contributed by atoms with E-state index in [4.69, 9.17) is 5.11 Å². The van der Waals surface area contributed by atoms with E-state index in [1.54, 1.807) is 10.4 Å². The molecule has 0 fully saturated rings. The highest BCUT2D eigenvalue weighted by Crippen LogP contribution is 2.33. The molecule has 19 heavy (non-hydrogen) atoms. The monoisotopic (exact) mass is 281 g/mol. The molecular weight excluding hydrogens is 254 g/mol. The van der Waals surface area contributed by atoms with Crippen LogP contribution in [0, 0.1) is 5.92 Å². The fourth-order valence-electron chi connectivity index (χ4n) is 2.88. The molecule has 1 heterocycles. The van der Waals surface area contributed by atoms with Gasteiger partial charge in [-0.2, -0.15) is 0 Å². The van der Waals surface area contributed by atoms with Gasteiger partial charge in [-0.3, -0.25) is 0 Å². The minimum absolute atomic E-state index is 0.267. The first-order chi connectivity index (χ1) is 9.11. The fraction of sp³-hybridized carbons (Fsp3) is 0.750. The van der Waals surface area contributed by atoms with Gasteiger partial charge in [-0.15, -0.1) is 11.3 Å². The molecule has 1 aliphatic carbocycles. The zero-order valence-electron chi connectivity index (χ0n) is 12.4. The summed E-state index contributed by atoms with van der Waals surface area (Å²) in [6.07, 6.45) is 6.09. The number of hydrogen-bond acceptors (Lipinski definition) is 3. The van der Waals surface area contributed by atoms with E-state index in [1.165, 1.54) is 30.6 Å². The maximum atomic E-state index is 9.16. The van der Waals surface area contributed by atoms with Gasteiger partial charge in [0.25, 0.3) is 0 Å². The Hall–Kier alpha value is -0.380. The van der Waals surface area contributed by atoms with Crippen LogP contribution in [0.3, 0.4) is 0 Å². The maximum Gasteiger partial charge on any atom is 0.0445 e. The van der Waals surface area contributed by atoms with Gasteiger partial charge in [-0.25, -0.2) is 0 Å². The molecule has 0 spiro atoms. The summed E-state index contributed by atoms with van der Waals surface area (Å²) in [5.41, 5.74) is 1.59. The number of aliphatic hydroxyl groups excluding tert-OH is 1. The van der Waals surface area contributed by atoms with Gasteiger partial charge in [-0.1, -0.05) is 13.8 Å². The van der Waals surface area contributed by atoms with Gasteiger partial charge in [0.1, 0.15) is 0 Å². The standard InChI is InChI=1S/C16H27NOS/c1-11(2)14(8-9-18)17-12(3)16-10-13-6-4-5-7-15(13)19-16/h10-12,14,17-18H,4-9H2,1-3H3. The number of hydrogen-bond donors (Lipinski definition) is 2. The van der Waals surface area contributed by atoms with Crippen molar-refractivity contribution in [1.82, 2.24) is 5.32 Å². The molecule has 0 aromatic carbocycles. The van der Waals surface area contributed by atoms with Crippen LogP contribution in [0.4, 0.5) is 0 Å². The molecule has 0 amide bonds. The number of rotatable bonds is 6. The predicted molar refractivity (Wildman–Crippen MR) is 82.8 cm³/mol. The lowest BCUT2D eigenvalue weighted by molar-refractivity contribution is 0.237. The molecule has 2 nitrogen and oxygen atoms in total. The van der Waals surface area contributed by atoms with Gasteiger partial charge in [0.2, 0.25) is 0 Å². The van der Waals surface area contributed by atoms with Gasteiger partial charge < -0.3 is 10.4 Å². The molecule has 108 valence electrons. The van der Waals surface area contributed by atoms with Crippen LogP contribution in [-0.2, 0) is 12.8 Å². The summed E-state index contributed by atoms with van der Waals surface area (Å²) in [7, 11) is 0. The largest absolute Gasteiger partial charge is 0.396 e. The van der Waals surface area contributed by atoms with E-state index in [0.29, 0.717) is 18.0 Å². The molecule has 0 bridgehead atoms. The smallest absolute Gasteiger partial charge is 0.0445 e. The highest BCUT2D eigenvalue weighted by Gasteiger charge is 2.20. The number of thiophene rings is 1. The van der Waals surface area contributed by atoms with Crippen molar-refractivity contribution in [3.05, 3.63) is 21.4 Å². The van der Waals surface area contributed by atoms with Gasteiger partial charge in [0.05, 0.1) is 0 Å². The molecule has 3 heteroatoms. The minimum Gasteiger partial charge on any atom is -0.396 e. The first kappa shape index (κ1) is 15.0. The quantitative estimate of drug-likeness (QED) is 0.833. The van der Waals surface area contributed by atoms with Gasteiger partial charge in [0.15, 0.2) is 0 Å². The van der Waals surface area contributed by atoms with Crippen molar-refractivity contribution in [2.75, 3.05) is 6.61 Å². The molecule has 0 saturated carbocycles. The van der Waals surface area contributed by atoms with Crippen molar-refractivity contribution in [1.29, 1.82) is 0 Å². The second-order valence-corrected chi connectivity index (χ2v) is 7.22. The van der Waals surface area contributed by atoms with Crippen LogP contribution in [0.2, 0.25) is 0 Å². The van der Waals surface area contributed by atoms with E-state index >= 15 is 0 Å². The SMILES string of the molecule is CC(NC(CCO)C(C)C)c1cc2c(s1)CCCC2. The molecule has 2 atom stereocenters. The summed E-state index contributed by atoms with van der Waals surface area (Å²) in [6.45, 7) is 6.96. The average Bonchev–Trinajstić information content (AvgIpc) is 2.81. The van der Waals surface area contributed by atoms with Crippen LogP contribution in [0.15, 0.2) is 6.07 Å². The van der Waals surface area contributed by atoms with E-state index in [9.17, 15) is 0 Å². The van der Waals surface area contributed by atoms with E-state index in [-0.39, 0.29) is 6.61 Å².